The lowest BCUT2D eigenvalue weighted by molar-refractivity contribution is 0.0492. The summed E-state index contributed by atoms with van der Waals surface area (Å²) >= 11 is 0. The van der Waals surface area contributed by atoms with Gasteiger partial charge in [0.15, 0.2) is 0 Å². The van der Waals surface area contributed by atoms with E-state index < -0.39 is 5.97 Å². The van der Waals surface area contributed by atoms with Crippen LogP contribution in [0.5, 0.6) is 0 Å². The molecule has 0 atom stereocenters. The van der Waals surface area contributed by atoms with Gasteiger partial charge in [-0.1, -0.05) is 12.1 Å². The average molecular weight is 230 g/mol. The second-order valence-corrected chi connectivity index (χ2v) is 4.40. The molecule has 1 saturated carbocycles. The van der Waals surface area contributed by atoms with Crippen LogP contribution in [0.4, 0.5) is 0 Å². The zero-order valence-electron chi connectivity index (χ0n) is 9.73. The molecule has 0 saturated heterocycles. The largest absolute Gasteiger partial charge is 0.460 e. The van der Waals surface area contributed by atoms with Crippen molar-refractivity contribution in [2.45, 2.75) is 25.7 Å². The summed E-state index contributed by atoms with van der Waals surface area (Å²) in [5.41, 5.74) is 2.08. The zero-order chi connectivity index (χ0) is 11.8. The minimum Gasteiger partial charge on any atom is -0.460 e. The number of ether oxygens (including phenoxy) is 1. The number of hydrogen-bond donors (Lipinski definition) is 0. The van der Waals surface area contributed by atoms with Gasteiger partial charge in [-0.25, -0.2) is 4.79 Å². The van der Waals surface area contributed by atoms with Crippen LogP contribution in [0.25, 0.3) is 11.0 Å². The second-order valence-electron chi connectivity index (χ2n) is 4.40. The molecule has 3 heteroatoms. The highest BCUT2D eigenvalue weighted by molar-refractivity contribution is 5.92. The predicted octanol–water partition coefficient (Wildman–Crippen LogP) is 3.49. The van der Waals surface area contributed by atoms with Gasteiger partial charge >= 0.3 is 5.97 Å². The van der Waals surface area contributed by atoms with Crippen LogP contribution in [-0.4, -0.2) is 12.6 Å². The molecule has 0 spiro atoms. The summed E-state index contributed by atoms with van der Waals surface area (Å²) in [6.45, 7) is 2.15. The Bertz CT molecular complexity index is 564. The van der Waals surface area contributed by atoms with Crippen molar-refractivity contribution in [1.82, 2.24) is 0 Å². The summed E-state index contributed by atoms with van der Waals surface area (Å²) in [5, 5.41) is 0.956. The predicted molar refractivity (Wildman–Crippen MR) is 64.1 cm³/mol. The lowest BCUT2D eigenvalue weighted by Gasteiger charge is -1.96. The van der Waals surface area contributed by atoms with Gasteiger partial charge in [0, 0.05) is 5.39 Å². The molecule has 1 aromatic heterocycles. The van der Waals surface area contributed by atoms with Crippen LogP contribution in [0.15, 0.2) is 28.7 Å². The molecule has 2 aromatic rings. The average Bonchev–Trinajstić information content (AvgIpc) is 3.08. The van der Waals surface area contributed by atoms with E-state index in [1.54, 1.807) is 13.0 Å². The van der Waals surface area contributed by atoms with E-state index in [0.717, 1.165) is 11.0 Å². The standard InChI is InChI=1S/C14H14O3/c1-2-16-14(15)13-8-11-6-5-10(9-3-4-9)7-12(11)17-13/h5-9H,2-4H2,1H3. The molecule has 1 aliphatic rings. The normalized spacial score (nSPS) is 15.1. The highest BCUT2D eigenvalue weighted by Crippen LogP contribution is 2.41. The fourth-order valence-corrected chi connectivity index (χ4v) is 2.02. The van der Waals surface area contributed by atoms with E-state index in [1.165, 1.54) is 18.4 Å². The molecule has 88 valence electrons. The molecular weight excluding hydrogens is 216 g/mol. The number of benzene rings is 1. The first-order valence-corrected chi connectivity index (χ1v) is 5.98. The van der Waals surface area contributed by atoms with Gasteiger partial charge in [0.05, 0.1) is 6.61 Å². The van der Waals surface area contributed by atoms with Gasteiger partial charge in [-0.2, -0.15) is 0 Å². The monoisotopic (exact) mass is 230 g/mol. The molecule has 1 aliphatic carbocycles. The van der Waals surface area contributed by atoms with Gasteiger partial charge in [-0.15, -0.1) is 0 Å². The summed E-state index contributed by atoms with van der Waals surface area (Å²) in [7, 11) is 0. The topological polar surface area (TPSA) is 39.4 Å². The lowest BCUT2D eigenvalue weighted by atomic mass is 10.1. The van der Waals surface area contributed by atoms with Gasteiger partial charge in [0.2, 0.25) is 5.76 Å². The van der Waals surface area contributed by atoms with Crippen LogP contribution < -0.4 is 0 Å². The number of hydrogen-bond acceptors (Lipinski definition) is 3. The van der Waals surface area contributed by atoms with E-state index in [-0.39, 0.29) is 5.76 Å². The summed E-state index contributed by atoms with van der Waals surface area (Å²) in [6, 6.07) is 7.90. The first-order valence-electron chi connectivity index (χ1n) is 5.98. The first kappa shape index (κ1) is 10.4. The van der Waals surface area contributed by atoms with Crippen molar-refractivity contribution in [3.8, 4) is 0 Å². The summed E-state index contributed by atoms with van der Waals surface area (Å²) < 4.78 is 10.4. The Labute approximate surface area is 99.4 Å². The van der Waals surface area contributed by atoms with Gasteiger partial charge in [0.25, 0.3) is 0 Å². The van der Waals surface area contributed by atoms with E-state index in [0.29, 0.717) is 12.5 Å². The minimum absolute atomic E-state index is 0.287. The second kappa shape index (κ2) is 3.91. The Morgan fingerprint density at radius 3 is 2.94 bits per heavy atom. The van der Waals surface area contributed by atoms with Crippen molar-refractivity contribution in [3.05, 3.63) is 35.6 Å². The van der Waals surface area contributed by atoms with Crippen molar-refractivity contribution in [2.24, 2.45) is 0 Å². The number of carbonyl (C=O) groups is 1. The van der Waals surface area contributed by atoms with Gasteiger partial charge in [-0.3, -0.25) is 0 Å². The van der Waals surface area contributed by atoms with E-state index >= 15 is 0 Å². The van der Waals surface area contributed by atoms with Crippen molar-refractivity contribution in [1.29, 1.82) is 0 Å². The molecular formula is C14H14O3. The quantitative estimate of drug-likeness (QED) is 0.758. The Morgan fingerprint density at radius 2 is 2.24 bits per heavy atom. The molecule has 3 rings (SSSR count). The number of rotatable bonds is 3. The Hall–Kier alpha value is -1.77. The molecule has 17 heavy (non-hydrogen) atoms. The van der Waals surface area contributed by atoms with E-state index in [1.807, 2.05) is 12.1 Å². The maximum absolute atomic E-state index is 11.5. The Balaban J connectivity index is 1.97. The van der Waals surface area contributed by atoms with Crippen LogP contribution in [0.3, 0.4) is 0 Å². The molecule has 0 aliphatic heterocycles. The third-order valence-electron chi connectivity index (χ3n) is 3.07. The molecule has 3 nitrogen and oxygen atoms in total. The molecule has 0 unspecified atom stereocenters. The SMILES string of the molecule is CCOC(=O)c1cc2ccc(C3CC3)cc2o1. The molecule has 1 heterocycles. The number of furan rings is 1. The Kier molecular flexibility index (Phi) is 2.39. The maximum Gasteiger partial charge on any atom is 0.374 e. The fraction of sp³-hybridized carbons (Fsp3) is 0.357. The van der Waals surface area contributed by atoms with E-state index in [9.17, 15) is 4.79 Å². The van der Waals surface area contributed by atoms with E-state index in [4.69, 9.17) is 9.15 Å². The Morgan fingerprint density at radius 1 is 1.41 bits per heavy atom. The summed E-state index contributed by atoms with van der Waals surface area (Å²) in [4.78, 5) is 11.5. The summed E-state index contributed by atoms with van der Waals surface area (Å²) in [6.07, 6.45) is 2.52. The van der Waals surface area contributed by atoms with E-state index in [2.05, 4.69) is 6.07 Å². The van der Waals surface area contributed by atoms with Crippen LogP contribution in [0.1, 0.15) is 41.8 Å². The van der Waals surface area contributed by atoms with Crippen molar-refractivity contribution < 1.29 is 13.9 Å². The molecule has 1 fully saturated rings. The molecule has 1 aromatic carbocycles. The number of esters is 1. The smallest absolute Gasteiger partial charge is 0.374 e. The lowest BCUT2D eigenvalue weighted by Crippen LogP contribution is -2.02. The minimum atomic E-state index is -0.392. The fourth-order valence-electron chi connectivity index (χ4n) is 2.02. The van der Waals surface area contributed by atoms with Crippen molar-refractivity contribution in [3.63, 3.8) is 0 Å². The first-order chi connectivity index (χ1) is 8.28. The van der Waals surface area contributed by atoms with Gasteiger partial charge in [-0.05, 0) is 43.4 Å². The summed E-state index contributed by atoms with van der Waals surface area (Å²) in [5.74, 6) is 0.585. The zero-order valence-corrected chi connectivity index (χ0v) is 9.73. The van der Waals surface area contributed by atoms with Gasteiger partial charge < -0.3 is 9.15 Å². The maximum atomic E-state index is 11.5. The third kappa shape index (κ3) is 1.93. The molecule has 0 N–H and O–H groups in total. The van der Waals surface area contributed by atoms with Crippen molar-refractivity contribution >= 4 is 16.9 Å². The number of carbonyl (C=O) groups excluding carboxylic acids is 1. The van der Waals surface area contributed by atoms with Crippen LogP contribution in [0.2, 0.25) is 0 Å². The third-order valence-corrected chi connectivity index (χ3v) is 3.07. The van der Waals surface area contributed by atoms with Crippen LogP contribution in [-0.2, 0) is 4.74 Å². The van der Waals surface area contributed by atoms with Crippen LogP contribution in [0, 0.1) is 0 Å². The van der Waals surface area contributed by atoms with Crippen molar-refractivity contribution in [2.75, 3.05) is 6.61 Å². The highest BCUT2D eigenvalue weighted by Gasteiger charge is 2.24. The highest BCUT2D eigenvalue weighted by atomic mass is 16.5. The molecule has 0 amide bonds. The van der Waals surface area contributed by atoms with Crippen LogP contribution >= 0.6 is 0 Å². The van der Waals surface area contributed by atoms with Gasteiger partial charge in [0.1, 0.15) is 5.58 Å². The molecule has 0 bridgehead atoms. The molecule has 0 radical (unpaired) electrons. The number of fused-ring (bicyclic) bond motifs is 1.